The maximum absolute atomic E-state index is 11.8. The third-order valence-corrected chi connectivity index (χ3v) is 7.57. The number of aliphatic hydroxyl groups is 1. The molecule has 1 aromatic heterocycles. The Morgan fingerprint density at radius 3 is 2.47 bits per heavy atom. The van der Waals surface area contributed by atoms with E-state index < -0.39 is 9.04 Å². The van der Waals surface area contributed by atoms with Crippen LogP contribution in [0.2, 0.25) is 13.1 Å². The summed E-state index contributed by atoms with van der Waals surface area (Å²) < 4.78 is 18.8. The van der Waals surface area contributed by atoms with Crippen LogP contribution in [0.5, 0.6) is 11.5 Å². The van der Waals surface area contributed by atoms with Gasteiger partial charge >= 0.3 is 0 Å². The van der Waals surface area contributed by atoms with Crippen LogP contribution < -0.4 is 14.4 Å². The van der Waals surface area contributed by atoms with Crippen LogP contribution in [0, 0.1) is 5.41 Å². The Bertz CT molecular complexity index is 980. The van der Waals surface area contributed by atoms with Crippen molar-refractivity contribution in [3.8, 4) is 11.5 Å². The lowest BCUT2D eigenvalue weighted by atomic mass is 9.86. The van der Waals surface area contributed by atoms with Crippen molar-refractivity contribution in [1.82, 2.24) is 0 Å². The van der Waals surface area contributed by atoms with E-state index in [9.17, 15) is 9.90 Å². The van der Waals surface area contributed by atoms with Gasteiger partial charge in [0, 0.05) is 18.8 Å². The predicted molar refractivity (Wildman–Crippen MR) is 143 cm³/mol. The molecule has 1 N–H and O–H groups in total. The molecule has 0 fully saturated rings. The number of nitrogens with zero attached hydrogens (tertiary/aromatic N) is 1. The Kier molecular flexibility index (Phi) is 8.98. The predicted octanol–water partition coefficient (Wildman–Crippen LogP) is 5.10. The minimum atomic E-state index is -1.29. The highest BCUT2D eigenvalue weighted by molar-refractivity contribution is 7.15. The summed E-state index contributed by atoms with van der Waals surface area (Å²) in [5.41, 5.74) is 2.00. The SMILES string of the molecule is CCN(CCO)c1ccc(C=Cc2sc(C=O)c3c2OCC(C(O[SiH](C)C)C(C)(C)C)O3)cc1. The van der Waals surface area contributed by atoms with Crippen molar-refractivity contribution in [3.63, 3.8) is 0 Å². The van der Waals surface area contributed by atoms with Crippen molar-refractivity contribution in [3.05, 3.63) is 39.6 Å². The molecule has 0 aliphatic carbocycles. The summed E-state index contributed by atoms with van der Waals surface area (Å²) in [5.74, 6) is 1.16. The van der Waals surface area contributed by atoms with Gasteiger partial charge in [-0.2, -0.15) is 0 Å². The summed E-state index contributed by atoms with van der Waals surface area (Å²) in [7, 11) is -1.29. The molecule has 1 aliphatic rings. The number of fused-ring (bicyclic) bond motifs is 1. The maximum atomic E-state index is 11.8. The van der Waals surface area contributed by atoms with Crippen molar-refractivity contribution in [2.45, 2.75) is 53.0 Å². The second-order valence-electron chi connectivity index (χ2n) is 9.77. The molecule has 2 aromatic rings. The fourth-order valence-electron chi connectivity index (χ4n) is 4.07. The highest BCUT2D eigenvalue weighted by atomic mass is 32.1. The van der Waals surface area contributed by atoms with E-state index in [0.29, 0.717) is 29.5 Å². The molecular formula is C26H37NO5SSi. The summed E-state index contributed by atoms with van der Waals surface area (Å²) in [6.07, 6.45) is 4.44. The number of likely N-dealkylation sites (N-methyl/N-ethyl adjacent to an activating group) is 1. The quantitative estimate of drug-likeness (QED) is 0.359. The molecule has 34 heavy (non-hydrogen) atoms. The molecule has 0 radical (unpaired) electrons. The third-order valence-electron chi connectivity index (χ3n) is 5.69. The molecule has 2 atom stereocenters. The molecule has 0 saturated heterocycles. The normalized spacial score (nSPS) is 16.8. The monoisotopic (exact) mass is 503 g/mol. The molecule has 6 nitrogen and oxygen atoms in total. The van der Waals surface area contributed by atoms with Crippen LogP contribution in [0.25, 0.3) is 12.2 Å². The van der Waals surface area contributed by atoms with Crippen LogP contribution >= 0.6 is 11.3 Å². The van der Waals surface area contributed by atoms with Crippen molar-refractivity contribution in [2.24, 2.45) is 5.41 Å². The summed E-state index contributed by atoms with van der Waals surface area (Å²) >= 11 is 1.37. The van der Waals surface area contributed by atoms with Crippen LogP contribution in [-0.2, 0) is 4.43 Å². The zero-order valence-corrected chi connectivity index (χ0v) is 23.0. The first kappa shape index (κ1) is 26.5. The lowest BCUT2D eigenvalue weighted by Crippen LogP contribution is -2.49. The lowest BCUT2D eigenvalue weighted by Gasteiger charge is -2.39. The lowest BCUT2D eigenvalue weighted by molar-refractivity contribution is -0.0471. The highest BCUT2D eigenvalue weighted by Crippen LogP contribution is 2.46. The molecule has 0 bridgehead atoms. The van der Waals surface area contributed by atoms with Crippen LogP contribution in [0.3, 0.4) is 0 Å². The molecule has 2 unspecified atom stereocenters. The molecule has 2 heterocycles. The van der Waals surface area contributed by atoms with Crippen LogP contribution in [0.4, 0.5) is 5.69 Å². The molecule has 186 valence electrons. The van der Waals surface area contributed by atoms with Crippen molar-refractivity contribution >= 4 is 44.5 Å². The van der Waals surface area contributed by atoms with E-state index in [1.165, 1.54) is 11.3 Å². The Hall–Kier alpha value is -2.13. The molecule has 8 heteroatoms. The molecule has 0 saturated carbocycles. The molecule has 1 aliphatic heterocycles. The average molecular weight is 504 g/mol. The van der Waals surface area contributed by atoms with Crippen molar-refractivity contribution < 1.29 is 23.8 Å². The number of hydrogen-bond donors (Lipinski definition) is 1. The van der Waals surface area contributed by atoms with E-state index in [0.717, 1.165) is 29.0 Å². The number of benzene rings is 1. The van der Waals surface area contributed by atoms with Gasteiger partial charge in [0.2, 0.25) is 0 Å². The number of rotatable bonds is 10. The second kappa shape index (κ2) is 11.5. The molecular weight excluding hydrogens is 466 g/mol. The van der Waals surface area contributed by atoms with Crippen molar-refractivity contribution in [1.29, 1.82) is 0 Å². The van der Waals surface area contributed by atoms with E-state index in [1.54, 1.807) is 0 Å². The zero-order chi connectivity index (χ0) is 24.9. The van der Waals surface area contributed by atoms with Gasteiger partial charge in [-0.05, 0) is 49.2 Å². The summed E-state index contributed by atoms with van der Waals surface area (Å²) in [6.45, 7) is 14.8. The van der Waals surface area contributed by atoms with E-state index >= 15 is 0 Å². The highest BCUT2D eigenvalue weighted by Gasteiger charge is 2.40. The van der Waals surface area contributed by atoms with Crippen LogP contribution in [0.1, 0.15) is 47.8 Å². The number of anilines is 1. The number of aldehydes is 1. The number of carbonyl (C=O) groups excluding carboxylic acids is 1. The van der Waals surface area contributed by atoms with E-state index in [1.807, 2.05) is 24.3 Å². The molecule has 0 amide bonds. The molecule has 0 spiro atoms. The summed E-state index contributed by atoms with van der Waals surface area (Å²) in [4.78, 5) is 15.3. The Morgan fingerprint density at radius 2 is 1.91 bits per heavy atom. The van der Waals surface area contributed by atoms with Gasteiger partial charge in [-0.1, -0.05) is 39.0 Å². The van der Waals surface area contributed by atoms with Gasteiger partial charge in [0.25, 0.3) is 0 Å². The summed E-state index contributed by atoms with van der Waals surface area (Å²) in [6, 6.07) is 8.19. The van der Waals surface area contributed by atoms with Crippen LogP contribution in [-0.4, -0.2) is 58.9 Å². The van der Waals surface area contributed by atoms with Gasteiger partial charge < -0.3 is 23.9 Å². The van der Waals surface area contributed by atoms with E-state index in [2.05, 4.69) is 57.8 Å². The largest absolute Gasteiger partial charge is 0.484 e. The maximum Gasteiger partial charge on any atom is 0.183 e. The van der Waals surface area contributed by atoms with E-state index in [-0.39, 0.29) is 24.2 Å². The summed E-state index contributed by atoms with van der Waals surface area (Å²) in [5, 5.41) is 9.23. The zero-order valence-electron chi connectivity index (χ0n) is 21.0. The third kappa shape index (κ3) is 6.30. The van der Waals surface area contributed by atoms with Crippen LogP contribution in [0.15, 0.2) is 24.3 Å². The Balaban J connectivity index is 1.80. The fourth-order valence-corrected chi connectivity index (χ4v) is 6.14. The van der Waals surface area contributed by atoms with Gasteiger partial charge in [-0.25, -0.2) is 0 Å². The number of ether oxygens (including phenoxy) is 2. The standard InChI is InChI=1S/C26H37NO5SSi/c1-7-27(14-15-28)19-11-8-18(9-12-19)10-13-21-23-24(22(16-29)33-21)31-20(17-30-23)25(26(2,3)4)32-34(5)6/h8-13,16,20,25,28,34H,7,14-15,17H2,1-6H3. The Morgan fingerprint density at radius 1 is 1.21 bits per heavy atom. The first-order valence-corrected chi connectivity index (χ1v) is 15.5. The minimum Gasteiger partial charge on any atom is -0.484 e. The number of carbonyl (C=O) groups is 1. The average Bonchev–Trinajstić information content (AvgIpc) is 3.16. The van der Waals surface area contributed by atoms with Gasteiger partial charge in [0.05, 0.1) is 17.6 Å². The van der Waals surface area contributed by atoms with Gasteiger partial charge in [0.15, 0.2) is 32.9 Å². The minimum absolute atomic E-state index is 0.112. The smallest absolute Gasteiger partial charge is 0.183 e. The first-order chi connectivity index (χ1) is 16.2. The second-order valence-corrected chi connectivity index (χ2v) is 13.2. The van der Waals surface area contributed by atoms with Gasteiger partial charge in [-0.3, -0.25) is 4.79 Å². The van der Waals surface area contributed by atoms with Gasteiger partial charge in [0.1, 0.15) is 11.5 Å². The molecule has 3 rings (SSSR count). The first-order valence-electron chi connectivity index (χ1n) is 11.9. The molecule has 1 aromatic carbocycles. The van der Waals surface area contributed by atoms with Crippen molar-refractivity contribution in [2.75, 3.05) is 31.2 Å². The number of hydrogen-bond acceptors (Lipinski definition) is 7. The van der Waals surface area contributed by atoms with E-state index in [4.69, 9.17) is 13.9 Å². The van der Waals surface area contributed by atoms with Gasteiger partial charge in [-0.15, -0.1) is 11.3 Å². The topological polar surface area (TPSA) is 68.2 Å². The number of thiophene rings is 1. The fraction of sp³-hybridized carbons (Fsp3) is 0.500. The number of aliphatic hydroxyl groups excluding tert-OH is 1. The Labute approximate surface area is 208 Å².